The highest BCUT2D eigenvalue weighted by Crippen LogP contribution is 2.25. The minimum absolute atomic E-state index is 0.0378. The van der Waals surface area contributed by atoms with E-state index in [1.54, 1.807) is 18.2 Å². The van der Waals surface area contributed by atoms with Crippen molar-refractivity contribution >= 4 is 35.0 Å². The number of rotatable bonds is 2. The molecule has 2 N–H and O–H groups in total. The van der Waals surface area contributed by atoms with Crippen molar-refractivity contribution in [3.05, 3.63) is 28.2 Å². The largest absolute Gasteiger partial charge is 0.446 e. The number of carbonyl (C=O) groups is 1. The Kier molecular flexibility index (Phi) is 4.69. The van der Waals surface area contributed by atoms with Crippen LogP contribution in [-0.4, -0.2) is 25.3 Å². The SMILES string of the molecule is O=C(Nc1cc(Cl)ccc1Cl)OC1CCNCC1. The third kappa shape index (κ3) is 3.77. The Balaban J connectivity index is 1.92. The first kappa shape index (κ1) is 13.5. The van der Waals surface area contributed by atoms with Crippen LogP contribution in [0.4, 0.5) is 10.5 Å². The number of ether oxygens (including phenoxy) is 1. The summed E-state index contributed by atoms with van der Waals surface area (Å²) < 4.78 is 5.30. The molecule has 1 aromatic rings. The molecule has 1 fully saturated rings. The first-order valence-corrected chi connectivity index (χ1v) is 6.54. The van der Waals surface area contributed by atoms with E-state index in [2.05, 4.69) is 10.6 Å². The molecule has 1 aromatic carbocycles. The molecule has 1 aliphatic heterocycles. The summed E-state index contributed by atoms with van der Waals surface area (Å²) in [5.74, 6) is 0. The van der Waals surface area contributed by atoms with Gasteiger partial charge in [-0.2, -0.15) is 0 Å². The zero-order chi connectivity index (χ0) is 13.0. The second-order valence-electron chi connectivity index (χ2n) is 4.10. The van der Waals surface area contributed by atoms with Crippen molar-refractivity contribution < 1.29 is 9.53 Å². The molecule has 0 spiro atoms. The summed E-state index contributed by atoms with van der Waals surface area (Å²) in [7, 11) is 0. The molecule has 98 valence electrons. The van der Waals surface area contributed by atoms with Crippen LogP contribution >= 0.6 is 23.2 Å². The predicted molar refractivity (Wildman–Crippen MR) is 72.5 cm³/mol. The molecule has 0 bridgehead atoms. The van der Waals surface area contributed by atoms with Crippen molar-refractivity contribution in [2.75, 3.05) is 18.4 Å². The van der Waals surface area contributed by atoms with Crippen LogP contribution in [0.15, 0.2) is 18.2 Å². The summed E-state index contributed by atoms with van der Waals surface area (Å²) in [5, 5.41) is 6.75. The maximum atomic E-state index is 11.7. The van der Waals surface area contributed by atoms with Gasteiger partial charge in [-0.1, -0.05) is 23.2 Å². The van der Waals surface area contributed by atoms with Crippen LogP contribution in [0.25, 0.3) is 0 Å². The topological polar surface area (TPSA) is 50.4 Å². The fraction of sp³-hybridized carbons (Fsp3) is 0.417. The second-order valence-corrected chi connectivity index (χ2v) is 4.95. The van der Waals surface area contributed by atoms with E-state index in [0.717, 1.165) is 25.9 Å². The van der Waals surface area contributed by atoms with E-state index in [1.165, 1.54) is 0 Å². The average Bonchev–Trinajstić information content (AvgIpc) is 2.35. The minimum atomic E-state index is -0.494. The standard InChI is InChI=1S/C12H14Cl2N2O2/c13-8-1-2-10(14)11(7-8)16-12(17)18-9-3-5-15-6-4-9/h1-2,7,9,15H,3-6H2,(H,16,17). The Morgan fingerprint density at radius 2 is 2.06 bits per heavy atom. The molecular formula is C12H14Cl2N2O2. The number of hydrogen-bond acceptors (Lipinski definition) is 3. The highest BCUT2D eigenvalue weighted by Gasteiger charge is 2.17. The maximum Gasteiger partial charge on any atom is 0.411 e. The number of carbonyl (C=O) groups excluding carboxylic acids is 1. The monoisotopic (exact) mass is 288 g/mol. The van der Waals surface area contributed by atoms with Gasteiger partial charge in [0.15, 0.2) is 0 Å². The highest BCUT2D eigenvalue weighted by atomic mass is 35.5. The number of piperidine rings is 1. The molecule has 18 heavy (non-hydrogen) atoms. The zero-order valence-corrected chi connectivity index (χ0v) is 11.2. The van der Waals surface area contributed by atoms with E-state index in [9.17, 15) is 4.79 Å². The lowest BCUT2D eigenvalue weighted by Crippen LogP contribution is -2.34. The summed E-state index contributed by atoms with van der Waals surface area (Å²) in [6.45, 7) is 1.74. The molecule has 4 nitrogen and oxygen atoms in total. The van der Waals surface area contributed by atoms with E-state index >= 15 is 0 Å². The number of hydrogen-bond donors (Lipinski definition) is 2. The lowest BCUT2D eigenvalue weighted by atomic mass is 10.1. The van der Waals surface area contributed by atoms with Gasteiger partial charge in [-0.05, 0) is 44.1 Å². The minimum Gasteiger partial charge on any atom is -0.446 e. The molecule has 0 radical (unpaired) electrons. The number of anilines is 1. The van der Waals surface area contributed by atoms with E-state index in [4.69, 9.17) is 27.9 Å². The molecule has 0 saturated carbocycles. The number of halogens is 2. The molecule has 1 aliphatic rings. The normalized spacial score (nSPS) is 16.3. The van der Waals surface area contributed by atoms with Gasteiger partial charge in [0.1, 0.15) is 6.10 Å². The van der Waals surface area contributed by atoms with E-state index in [0.29, 0.717) is 15.7 Å². The van der Waals surface area contributed by atoms with Gasteiger partial charge < -0.3 is 10.1 Å². The van der Waals surface area contributed by atoms with Crippen LogP contribution in [0.1, 0.15) is 12.8 Å². The summed E-state index contributed by atoms with van der Waals surface area (Å²) in [4.78, 5) is 11.7. The van der Waals surface area contributed by atoms with Crippen molar-refractivity contribution in [2.45, 2.75) is 18.9 Å². The summed E-state index contributed by atoms with van der Waals surface area (Å²) in [6.07, 6.45) is 1.13. The number of nitrogens with one attached hydrogen (secondary N) is 2. The van der Waals surface area contributed by atoms with Crippen molar-refractivity contribution in [3.8, 4) is 0 Å². The van der Waals surface area contributed by atoms with Crippen LogP contribution in [0.2, 0.25) is 10.0 Å². The maximum absolute atomic E-state index is 11.7. The van der Waals surface area contributed by atoms with E-state index < -0.39 is 6.09 Å². The van der Waals surface area contributed by atoms with Crippen LogP contribution < -0.4 is 10.6 Å². The third-order valence-electron chi connectivity index (χ3n) is 2.73. The van der Waals surface area contributed by atoms with E-state index in [-0.39, 0.29) is 6.10 Å². The Morgan fingerprint density at radius 1 is 1.33 bits per heavy atom. The fourth-order valence-corrected chi connectivity index (χ4v) is 2.13. The van der Waals surface area contributed by atoms with Gasteiger partial charge >= 0.3 is 6.09 Å². The third-order valence-corrected chi connectivity index (χ3v) is 3.29. The summed E-state index contributed by atoms with van der Waals surface area (Å²) in [6, 6.07) is 4.88. The molecule has 2 rings (SSSR count). The molecule has 0 unspecified atom stereocenters. The highest BCUT2D eigenvalue weighted by molar-refractivity contribution is 6.35. The van der Waals surface area contributed by atoms with Gasteiger partial charge in [0.2, 0.25) is 0 Å². The lowest BCUT2D eigenvalue weighted by Gasteiger charge is -2.22. The van der Waals surface area contributed by atoms with Gasteiger partial charge in [0.05, 0.1) is 10.7 Å². The molecule has 0 aliphatic carbocycles. The first-order chi connectivity index (χ1) is 8.65. The molecule has 1 heterocycles. The number of benzene rings is 1. The van der Waals surface area contributed by atoms with Crippen molar-refractivity contribution in [2.24, 2.45) is 0 Å². The van der Waals surface area contributed by atoms with Crippen LogP contribution in [-0.2, 0) is 4.74 Å². The van der Waals surface area contributed by atoms with Gasteiger partial charge in [-0.15, -0.1) is 0 Å². The van der Waals surface area contributed by atoms with Crippen molar-refractivity contribution in [1.82, 2.24) is 5.32 Å². The zero-order valence-electron chi connectivity index (χ0n) is 9.71. The van der Waals surface area contributed by atoms with Gasteiger partial charge in [-0.3, -0.25) is 5.32 Å². The quantitative estimate of drug-likeness (QED) is 0.878. The Bertz CT molecular complexity index is 434. The molecular weight excluding hydrogens is 275 g/mol. The smallest absolute Gasteiger partial charge is 0.411 e. The van der Waals surface area contributed by atoms with Crippen molar-refractivity contribution in [3.63, 3.8) is 0 Å². The Morgan fingerprint density at radius 3 is 2.78 bits per heavy atom. The van der Waals surface area contributed by atoms with E-state index in [1.807, 2.05) is 0 Å². The van der Waals surface area contributed by atoms with Crippen LogP contribution in [0.3, 0.4) is 0 Å². The second kappa shape index (κ2) is 6.27. The van der Waals surface area contributed by atoms with Gasteiger partial charge in [-0.25, -0.2) is 4.79 Å². The van der Waals surface area contributed by atoms with Gasteiger partial charge in [0.25, 0.3) is 0 Å². The Hall–Kier alpha value is -0.970. The van der Waals surface area contributed by atoms with Crippen LogP contribution in [0, 0.1) is 0 Å². The Labute approximate surface area is 116 Å². The molecule has 0 atom stereocenters. The molecule has 1 saturated heterocycles. The molecule has 0 aromatic heterocycles. The van der Waals surface area contributed by atoms with Gasteiger partial charge in [0, 0.05) is 5.02 Å². The molecule has 1 amide bonds. The average molecular weight is 289 g/mol. The lowest BCUT2D eigenvalue weighted by molar-refractivity contribution is 0.0909. The molecule has 6 heteroatoms. The predicted octanol–water partition coefficient (Wildman–Crippen LogP) is 3.29. The summed E-state index contributed by atoms with van der Waals surface area (Å²) >= 11 is 11.8. The fourth-order valence-electron chi connectivity index (χ4n) is 1.80. The first-order valence-electron chi connectivity index (χ1n) is 5.78. The summed E-state index contributed by atoms with van der Waals surface area (Å²) in [5.41, 5.74) is 0.461. The van der Waals surface area contributed by atoms with Crippen LogP contribution in [0.5, 0.6) is 0 Å². The van der Waals surface area contributed by atoms with Crippen molar-refractivity contribution in [1.29, 1.82) is 0 Å². The number of amides is 1.